The zero-order valence-corrected chi connectivity index (χ0v) is 11.4. The Morgan fingerprint density at radius 2 is 2.05 bits per heavy atom. The van der Waals surface area contributed by atoms with Crippen molar-refractivity contribution in [3.8, 4) is 0 Å². The maximum Gasteiger partial charge on any atom is 0.373 e. The predicted octanol–water partition coefficient (Wildman–Crippen LogP) is 1.51. The minimum absolute atomic E-state index is 0.0766. The zero-order chi connectivity index (χ0) is 15.3. The Morgan fingerprint density at radius 1 is 1.40 bits per heavy atom. The summed E-state index contributed by atoms with van der Waals surface area (Å²) in [6.45, 7) is 1.35. The molecule has 1 atom stereocenters. The third-order valence-electron chi connectivity index (χ3n) is 3.05. The number of nitrogens with zero attached hydrogens (tertiary/aromatic N) is 1. The van der Waals surface area contributed by atoms with Gasteiger partial charge in [0.25, 0.3) is 0 Å². The van der Waals surface area contributed by atoms with Gasteiger partial charge in [0.05, 0.1) is 26.2 Å². The monoisotopic (exact) mass is 285 g/mol. The number of hydrogen-bond acceptors (Lipinski definition) is 7. The van der Waals surface area contributed by atoms with E-state index in [0.717, 1.165) is 6.26 Å². The molecule has 0 fully saturated rings. The zero-order valence-electron chi connectivity index (χ0n) is 11.4. The highest BCUT2D eigenvalue weighted by Gasteiger charge is 2.41. The highest BCUT2D eigenvalue weighted by Crippen LogP contribution is 2.31. The second-order valence-electron chi connectivity index (χ2n) is 4.30. The van der Waals surface area contributed by atoms with Gasteiger partial charge in [-0.1, -0.05) is 0 Å². The quantitative estimate of drug-likeness (QED) is 0.442. The SMILES string of the molecule is COC(=O)CCC(C)(c1coc(C(=O)OC)c1)[N+](=O)[O-]. The highest BCUT2D eigenvalue weighted by molar-refractivity contribution is 5.86. The Morgan fingerprint density at radius 3 is 2.55 bits per heavy atom. The Balaban J connectivity index is 3.00. The van der Waals surface area contributed by atoms with E-state index in [0.29, 0.717) is 0 Å². The number of nitro groups is 1. The van der Waals surface area contributed by atoms with Crippen molar-refractivity contribution in [1.29, 1.82) is 0 Å². The predicted molar refractivity (Wildman–Crippen MR) is 65.6 cm³/mol. The minimum Gasteiger partial charge on any atom is -0.469 e. The van der Waals surface area contributed by atoms with Gasteiger partial charge in [-0.3, -0.25) is 14.9 Å². The normalized spacial score (nSPS) is 13.3. The number of esters is 2. The second kappa shape index (κ2) is 6.18. The van der Waals surface area contributed by atoms with E-state index >= 15 is 0 Å². The summed E-state index contributed by atoms with van der Waals surface area (Å²) in [5, 5.41) is 11.3. The standard InChI is InChI=1S/C12H15NO7/c1-12(13(16)17,5-4-10(14)18-2)8-6-9(20-7-8)11(15)19-3/h6-7H,4-5H2,1-3H3. The molecule has 20 heavy (non-hydrogen) atoms. The molecule has 110 valence electrons. The lowest BCUT2D eigenvalue weighted by Crippen LogP contribution is -2.32. The van der Waals surface area contributed by atoms with Gasteiger partial charge in [0.1, 0.15) is 6.26 Å². The molecule has 1 aromatic heterocycles. The lowest BCUT2D eigenvalue weighted by molar-refractivity contribution is -0.575. The van der Waals surface area contributed by atoms with Gasteiger partial charge in [0, 0.05) is 24.3 Å². The number of furan rings is 1. The Bertz CT molecular complexity index is 522. The number of ether oxygens (including phenoxy) is 2. The third-order valence-corrected chi connectivity index (χ3v) is 3.05. The van der Waals surface area contributed by atoms with Crippen LogP contribution in [-0.4, -0.2) is 31.1 Å². The van der Waals surface area contributed by atoms with Crippen molar-refractivity contribution in [2.24, 2.45) is 0 Å². The van der Waals surface area contributed by atoms with Crippen molar-refractivity contribution in [2.75, 3.05) is 14.2 Å². The molecule has 0 saturated heterocycles. The fourth-order valence-electron chi connectivity index (χ4n) is 1.61. The van der Waals surface area contributed by atoms with Crippen LogP contribution < -0.4 is 0 Å². The molecule has 0 spiro atoms. The number of hydrogen-bond donors (Lipinski definition) is 0. The van der Waals surface area contributed by atoms with Gasteiger partial charge < -0.3 is 13.9 Å². The maximum absolute atomic E-state index is 11.3. The van der Waals surface area contributed by atoms with Crippen LogP contribution in [0.15, 0.2) is 16.7 Å². The molecule has 1 rings (SSSR count). The molecule has 0 saturated carbocycles. The summed E-state index contributed by atoms with van der Waals surface area (Å²) in [7, 11) is 2.38. The van der Waals surface area contributed by atoms with Crippen LogP contribution in [0.3, 0.4) is 0 Å². The van der Waals surface area contributed by atoms with E-state index in [-0.39, 0.29) is 24.2 Å². The third kappa shape index (κ3) is 3.14. The van der Waals surface area contributed by atoms with E-state index in [1.54, 1.807) is 0 Å². The molecule has 0 amide bonds. The number of carbonyl (C=O) groups excluding carboxylic acids is 2. The number of rotatable bonds is 6. The first-order valence-corrected chi connectivity index (χ1v) is 5.73. The molecule has 0 aliphatic heterocycles. The van der Waals surface area contributed by atoms with Gasteiger partial charge in [-0.05, 0) is 0 Å². The van der Waals surface area contributed by atoms with Crippen molar-refractivity contribution < 1.29 is 28.4 Å². The van der Waals surface area contributed by atoms with Crippen LogP contribution in [-0.2, 0) is 19.8 Å². The van der Waals surface area contributed by atoms with Crippen LogP contribution in [0, 0.1) is 10.1 Å². The first-order valence-electron chi connectivity index (χ1n) is 5.73. The van der Waals surface area contributed by atoms with Crippen LogP contribution in [0.25, 0.3) is 0 Å². The van der Waals surface area contributed by atoms with E-state index in [1.807, 2.05) is 0 Å². The van der Waals surface area contributed by atoms with E-state index in [2.05, 4.69) is 9.47 Å². The molecule has 0 N–H and O–H groups in total. The van der Waals surface area contributed by atoms with Gasteiger partial charge in [0.15, 0.2) is 0 Å². The molecule has 0 aromatic carbocycles. The van der Waals surface area contributed by atoms with Crippen molar-refractivity contribution in [3.63, 3.8) is 0 Å². The lowest BCUT2D eigenvalue weighted by atomic mass is 9.90. The van der Waals surface area contributed by atoms with E-state index < -0.39 is 22.4 Å². The molecule has 1 unspecified atom stereocenters. The summed E-state index contributed by atoms with van der Waals surface area (Å²) in [5.41, 5.74) is -1.36. The van der Waals surface area contributed by atoms with Gasteiger partial charge in [-0.25, -0.2) is 4.79 Å². The Kier molecular flexibility index (Phi) is 4.84. The maximum atomic E-state index is 11.3. The van der Waals surface area contributed by atoms with Crippen molar-refractivity contribution in [2.45, 2.75) is 25.3 Å². The molecule has 1 aromatic rings. The van der Waals surface area contributed by atoms with E-state index in [4.69, 9.17) is 4.42 Å². The number of methoxy groups -OCH3 is 2. The summed E-state index contributed by atoms with van der Waals surface area (Å²) in [4.78, 5) is 33.1. The van der Waals surface area contributed by atoms with E-state index in [1.165, 1.54) is 27.2 Å². The Labute approximate surface area is 114 Å². The molecule has 8 heteroatoms. The molecule has 0 bridgehead atoms. The summed E-state index contributed by atoms with van der Waals surface area (Å²) in [5.74, 6) is -1.40. The molecule has 1 heterocycles. The molecule has 8 nitrogen and oxygen atoms in total. The number of carbonyl (C=O) groups is 2. The molecule has 0 aliphatic rings. The Hall–Kier alpha value is -2.38. The van der Waals surface area contributed by atoms with Crippen LogP contribution >= 0.6 is 0 Å². The average molecular weight is 285 g/mol. The van der Waals surface area contributed by atoms with Crippen LogP contribution in [0.5, 0.6) is 0 Å². The topological polar surface area (TPSA) is 109 Å². The van der Waals surface area contributed by atoms with Crippen LogP contribution in [0.2, 0.25) is 0 Å². The average Bonchev–Trinajstić information content (AvgIpc) is 2.93. The van der Waals surface area contributed by atoms with Gasteiger partial charge in [-0.2, -0.15) is 0 Å². The van der Waals surface area contributed by atoms with Crippen LogP contribution in [0.1, 0.15) is 35.9 Å². The summed E-state index contributed by atoms with van der Waals surface area (Å²) < 4.78 is 13.9. The fraction of sp³-hybridized carbons (Fsp3) is 0.500. The van der Waals surface area contributed by atoms with Gasteiger partial charge in [0.2, 0.25) is 11.3 Å². The lowest BCUT2D eigenvalue weighted by Gasteiger charge is -2.18. The minimum atomic E-state index is -1.55. The van der Waals surface area contributed by atoms with E-state index in [9.17, 15) is 19.7 Å². The van der Waals surface area contributed by atoms with Crippen LogP contribution in [0.4, 0.5) is 0 Å². The molecular formula is C12H15NO7. The van der Waals surface area contributed by atoms with Gasteiger partial charge >= 0.3 is 11.9 Å². The van der Waals surface area contributed by atoms with Crippen molar-refractivity contribution >= 4 is 11.9 Å². The summed E-state index contributed by atoms with van der Waals surface area (Å²) in [6, 6.07) is 1.24. The second-order valence-corrected chi connectivity index (χ2v) is 4.30. The largest absolute Gasteiger partial charge is 0.469 e. The smallest absolute Gasteiger partial charge is 0.373 e. The summed E-state index contributed by atoms with van der Waals surface area (Å²) >= 11 is 0. The molecule has 0 radical (unpaired) electrons. The first-order chi connectivity index (χ1) is 9.35. The molecular weight excluding hydrogens is 270 g/mol. The van der Waals surface area contributed by atoms with Crippen molar-refractivity contribution in [3.05, 3.63) is 33.8 Å². The van der Waals surface area contributed by atoms with Crippen molar-refractivity contribution in [1.82, 2.24) is 0 Å². The highest BCUT2D eigenvalue weighted by atomic mass is 16.6. The van der Waals surface area contributed by atoms with Gasteiger partial charge in [-0.15, -0.1) is 0 Å². The first kappa shape index (κ1) is 15.7. The summed E-state index contributed by atoms with van der Waals surface area (Å²) in [6.07, 6.45) is 0.922. The fourth-order valence-corrected chi connectivity index (χ4v) is 1.61. The molecule has 0 aliphatic carbocycles.